The van der Waals surface area contributed by atoms with Crippen molar-refractivity contribution in [2.45, 2.75) is 45.6 Å². The van der Waals surface area contributed by atoms with Gasteiger partial charge in [-0.25, -0.2) is 0 Å². The molecule has 0 aliphatic heterocycles. The van der Waals surface area contributed by atoms with Crippen molar-refractivity contribution in [3.63, 3.8) is 0 Å². The number of alkyl halides is 2. The van der Waals surface area contributed by atoms with Gasteiger partial charge in [0.2, 0.25) is 0 Å². The van der Waals surface area contributed by atoms with Crippen LogP contribution in [0.4, 0.5) is 8.78 Å². The van der Waals surface area contributed by atoms with Gasteiger partial charge < -0.3 is 4.74 Å². The molecule has 0 atom stereocenters. The van der Waals surface area contributed by atoms with E-state index in [0.29, 0.717) is 0 Å². The fourth-order valence-corrected chi connectivity index (χ4v) is 3.99. The van der Waals surface area contributed by atoms with Crippen LogP contribution in [0.25, 0.3) is 22.3 Å². The van der Waals surface area contributed by atoms with Crippen molar-refractivity contribution in [2.24, 2.45) is 0 Å². The van der Waals surface area contributed by atoms with Crippen LogP contribution in [0.1, 0.15) is 36.5 Å². The maximum absolute atomic E-state index is 12.3. The van der Waals surface area contributed by atoms with Gasteiger partial charge in [-0.05, 0) is 76.8 Å². The third kappa shape index (κ3) is 3.94. The predicted molar refractivity (Wildman–Crippen MR) is 110 cm³/mol. The van der Waals surface area contributed by atoms with Crippen molar-refractivity contribution in [2.75, 3.05) is 0 Å². The van der Waals surface area contributed by atoms with Gasteiger partial charge in [-0.15, -0.1) is 0 Å². The zero-order valence-corrected chi connectivity index (χ0v) is 16.1. The first-order valence-electron chi connectivity index (χ1n) is 9.94. The highest BCUT2D eigenvalue weighted by Gasteiger charge is 2.17. The number of hydrogen-bond acceptors (Lipinski definition) is 1. The Hall–Kier alpha value is -2.68. The molecule has 0 spiro atoms. The molecule has 0 amide bonds. The van der Waals surface area contributed by atoms with Gasteiger partial charge >= 0.3 is 6.61 Å². The smallest absolute Gasteiger partial charge is 0.387 e. The van der Waals surface area contributed by atoms with Crippen LogP contribution in [0.3, 0.4) is 0 Å². The highest BCUT2D eigenvalue weighted by Crippen LogP contribution is 2.36. The van der Waals surface area contributed by atoms with E-state index in [1.807, 2.05) is 12.1 Å². The third-order valence-electron chi connectivity index (χ3n) is 5.46. The van der Waals surface area contributed by atoms with E-state index in [1.54, 1.807) is 12.1 Å². The van der Waals surface area contributed by atoms with Crippen LogP contribution in [0.15, 0.2) is 60.7 Å². The summed E-state index contributed by atoms with van der Waals surface area (Å²) in [5, 5.41) is 0. The second-order valence-electron chi connectivity index (χ2n) is 7.37. The van der Waals surface area contributed by atoms with Crippen molar-refractivity contribution in [3.05, 3.63) is 77.4 Å². The number of rotatable bonds is 6. The second kappa shape index (κ2) is 8.14. The van der Waals surface area contributed by atoms with Crippen LogP contribution < -0.4 is 4.74 Å². The summed E-state index contributed by atoms with van der Waals surface area (Å²) in [6.07, 6.45) is 5.70. The molecule has 0 saturated heterocycles. The number of ether oxygens (including phenoxy) is 1. The van der Waals surface area contributed by atoms with Crippen LogP contribution in [-0.2, 0) is 19.3 Å². The van der Waals surface area contributed by atoms with Crippen LogP contribution in [0, 0.1) is 0 Å². The van der Waals surface area contributed by atoms with Crippen LogP contribution >= 0.6 is 0 Å². The SMILES string of the molecule is CCCCc1ccc2c(c1)CCc1cc(-c3ccc(OC(F)F)cc3)ccc1-2. The van der Waals surface area contributed by atoms with E-state index in [-0.39, 0.29) is 5.75 Å². The van der Waals surface area contributed by atoms with E-state index in [1.165, 1.54) is 40.7 Å². The molecule has 3 aromatic carbocycles. The molecule has 0 radical (unpaired) electrons. The number of fused-ring (bicyclic) bond motifs is 3. The fraction of sp³-hybridized carbons (Fsp3) is 0.280. The summed E-state index contributed by atoms with van der Waals surface area (Å²) in [5.74, 6) is 0.185. The minimum absolute atomic E-state index is 0.185. The van der Waals surface area contributed by atoms with Crippen LogP contribution in [0.2, 0.25) is 0 Å². The highest BCUT2D eigenvalue weighted by molar-refractivity contribution is 5.77. The number of unbranched alkanes of at least 4 members (excludes halogenated alkanes) is 1. The molecule has 144 valence electrons. The summed E-state index contributed by atoms with van der Waals surface area (Å²) in [4.78, 5) is 0. The highest BCUT2D eigenvalue weighted by atomic mass is 19.3. The molecule has 3 heteroatoms. The van der Waals surface area contributed by atoms with E-state index in [0.717, 1.165) is 30.4 Å². The van der Waals surface area contributed by atoms with E-state index in [4.69, 9.17) is 0 Å². The van der Waals surface area contributed by atoms with Crippen LogP contribution in [-0.4, -0.2) is 6.61 Å². The lowest BCUT2D eigenvalue weighted by atomic mass is 9.83. The molecular formula is C25H24F2O. The normalized spacial score (nSPS) is 12.6. The number of hydrogen-bond donors (Lipinski definition) is 0. The first-order valence-corrected chi connectivity index (χ1v) is 9.94. The zero-order valence-electron chi connectivity index (χ0n) is 16.1. The summed E-state index contributed by atoms with van der Waals surface area (Å²) in [7, 11) is 0. The molecule has 0 heterocycles. The molecule has 0 fully saturated rings. The molecule has 28 heavy (non-hydrogen) atoms. The monoisotopic (exact) mass is 378 g/mol. The summed E-state index contributed by atoms with van der Waals surface area (Å²) in [5.41, 5.74) is 8.99. The van der Waals surface area contributed by atoms with Gasteiger partial charge in [-0.3, -0.25) is 0 Å². The lowest BCUT2D eigenvalue weighted by molar-refractivity contribution is -0.0498. The Morgan fingerprint density at radius 3 is 2.14 bits per heavy atom. The molecule has 0 unspecified atom stereocenters. The molecule has 0 bridgehead atoms. The number of benzene rings is 3. The van der Waals surface area contributed by atoms with Crippen molar-refractivity contribution in [1.29, 1.82) is 0 Å². The van der Waals surface area contributed by atoms with Gasteiger partial charge in [0.1, 0.15) is 5.75 Å². The minimum atomic E-state index is -2.79. The topological polar surface area (TPSA) is 9.23 Å². The van der Waals surface area contributed by atoms with Crippen LogP contribution in [0.5, 0.6) is 5.75 Å². The Bertz CT molecular complexity index is 961. The minimum Gasteiger partial charge on any atom is -0.435 e. The van der Waals surface area contributed by atoms with Gasteiger partial charge in [-0.2, -0.15) is 8.78 Å². The predicted octanol–water partition coefficient (Wildman–Crippen LogP) is 7.06. The molecule has 0 aromatic heterocycles. The van der Waals surface area contributed by atoms with Gasteiger partial charge in [0.25, 0.3) is 0 Å². The maximum atomic E-state index is 12.3. The van der Waals surface area contributed by atoms with Gasteiger partial charge in [-0.1, -0.05) is 61.9 Å². The summed E-state index contributed by atoms with van der Waals surface area (Å²) in [6.45, 7) is -0.567. The number of halogens is 2. The summed E-state index contributed by atoms with van der Waals surface area (Å²) >= 11 is 0. The van der Waals surface area contributed by atoms with Gasteiger partial charge in [0, 0.05) is 0 Å². The lowest BCUT2D eigenvalue weighted by Crippen LogP contribution is -2.05. The van der Waals surface area contributed by atoms with Crippen molar-refractivity contribution in [1.82, 2.24) is 0 Å². The third-order valence-corrected chi connectivity index (χ3v) is 5.46. The lowest BCUT2D eigenvalue weighted by Gasteiger charge is -2.21. The molecule has 1 nitrogen and oxygen atoms in total. The summed E-state index contributed by atoms with van der Waals surface area (Å²) in [6, 6.07) is 20.3. The Morgan fingerprint density at radius 1 is 0.821 bits per heavy atom. The van der Waals surface area contributed by atoms with E-state index < -0.39 is 6.61 Å². The first-order chi connectivity index (χ1) is 13.6. The quantitative estimate of drug-likeness (QED) is 0.446. The Balaban J connectivity index is 1.60. The number of aryl methyl sites for hydroxylation is 3. The maximum Gasteiger partial charge on any atom is 0.387 e. The Morgan fingerprint density at radius 2 is 1.46 bits per heavy atom. The van der Waals surface area contributed by atoms with Crippen molar-refractivity contribution < 1.29 is 13.5 Å². The average molecular weight is 378 g/mol. The Kier molecular flexibility index (Phi) is 5.43. The summed E-state index contributed by atoms with van der Waals surface area (Å²) < 4.78 is 29.1. The molecule has 1 aliphatic rings. The van der Waals surface area contributed by atoms with Gasteiger partial charge in [0.05, 0.1) is 0 Å². The molecule has 3 aromatic rings. The van der Waals surface area contributed by atoms with Gasteiger partial charge in [0.15, 0.2) is 0 Å². The Labute approximate surface area is 165 Å². The average Bonchev–Trinajstić information content (AvgIpc) is 2.71. The van der Waals surface area contributed by atoms with E-state index in [9.17, 15) is 8.78 Å². The molecule has 4 rings (SSSR count). The zero-order chi connectivity index (χ0) is 19.5. The first kappa shape index (κ1) is 18.7. The fourth-order valence-electron chi connectivity index (χ4n) is 3.99. The molecule has 1 aliphatic carbocycles. The standard InChI is InChI=1S/C25H24F2O/c1-2-3-4-17-5-13-23-20(15-17)6-7-21-16-19(10-14-24(21)23)18-8-11-22(12-9-18)28-25(26)27/h5,8-16,25H,2-4,6-7H2,1H3. The second-order valence-corrected chi connectivity index (χ2v) is 7.37. The van der Waals surface area contributed by atoms with Crippen molar-refractivity contribution >= 4 is 0 Å². The molecular weight excluding hydrogens is 354 g/mol. The van der Waals surface area contributed by atoms with E-state index in [2.05, 4.69) is 48.1 Å². The van der Waals surface area contributed by atoms with Crippen molar-refractivity contribution in [3.8, 4) is 28.0 Å². The molecule has 0 N–H and O–H groups in total. The largest absolute Gasteiger partial charge is 0.435 e. The molecule has 0 saturated carbocycles. The van der Waals surface area contributed by atoms with E-state index >= 15 is 0 Å².